The van der Waals surface area contributed by atoms with E-state index in [9.17, 15) is 0 Å². The summed E-state index contributed by atoms with van der Waals surface area (Å²) in [6.07, 6.45) is 0.925. The molecule has 0 heterocycles. The minimum absolute atomic E-state index is 0.636. The first-order chi connectivity index (χ1) is 9.15. The van der Waals surface area contributed by atoms with Crippen LogP contribution in [-0.2, 0) is 6.42 Å². The smallest absolute Gasteiger partial charge is 0.203 e. The highest BCUT2D eigenvalue weighted by molar-refractivity contribution is 5.53. The number of nitrogens with one attached hydrogen (secondary N) is 1. The second-order valence-corrected chi connectivity index (χ2v) is 4.37. The average molecular weight is 268 g/mol. The Morgan fingerprint density at radius 1 is 1.05 bits per heavy atom. The Kier molecular flexibility index (Phi) is 6.45. The predicted molar refractivity (Wildman–Crippen MR) is 76.4 cm³/mol. The standard InChI is InChI=1S/C14H24N2O3/c1-15-10-16(2)7-6-11-8-12(17-3)14(19-5)13(9-11)18-4/h8-9,15H,6-7,10H2,1-5H3. The lowest BCUT2D eigenvalue weighted by Gasteiger charge is -2.17. The molecule has 1 aromatic carbocycles. The molecule has 0 aliphatic rings. The number of hydrogen-bond donors (Lipinski definition) is 1. The molecule has 0 unspecified atom stereocenters. The van der Waals surface area contributed by atoms with Crippen LogP contribution < -0.4 is 19.5 Å². The van der Waals surface area contributed by atoms with E-state index in [0.29, 0.717) is 17.2 Å². The molecule has 19 heavy (non-hydrogen) atoms. The van der Waals surface area contributed by atoms with Crippen LogP contribution in [0.3, 0.4) is 0 Å². The number of likely N-dealkylation sites (N-methyl/N-ethyl adjacent to an activating group) is 1. The van der Waals surface area contributed by atoms with E-state index >= 15 is 0 Å². The maximum Gasteiger partial charge on any atom is 0.203 e. The molecule has 0 amide bonds. The molecule has 5 nitrogen and oxygen atoms in total. The molecule has 0 aromatic heterocycles. The Balaban J connectivity index is 2.84. The van der Waals surface area contributed by atoms with Gasteiger partial charge in [-0.15, -0.1) is 0 Å². The van der Waals surface area contributed by atoms with Crippen molar-refractivity contribution in [2.75, 3.05) is 48.6 Å². The molecule has 0 saturated carbocycles. The van der Waals surface area contributed by atoms with E-state index < -0.39 is 0 Å². The van der Waals surface area contributed by atoms with Crippen molar-refractivity contribution in [3.05, 3.63) is 17.7 Å². The van der Waals surface area contributed by atoms with Gasteiger partial charge in [-0.25, -0.2) is 0 Å². The van der Waals surface area contributed by atoms with Gasteiger partial charge >= 0.3 is 0 Å². The van der Waals surface area contributed by atoms with Crippen LogP contribution in [0.4, 0.5) is 0 Å². The Morgan fingerprint density at radius 3 is 2.05 bits per heavy atom. The summed E-state index contributed by atoms with van der Waals surface area (Å²) in [6.45, 7) is 1.82. The van der Waals surface area contributed by atoms with Crippen molar-refractivity contribution in [2.24, 2.45) is 0 Å². The second-order valence-electron chi connectivity index (χ2n) is 4.37. The topological polar surface area (TPSA) is 43.0 Å². The highest BCUT2D eigenvalue weighted by atomic mass is 16.5. The number of ether oxygens (including phenoxy) is 3. The van der Waals surface area contributed by atoms with Gasteiger partial charge in [-0.2, -0.15) is 0 Å². The van der Waals surface area contributed by atoms with E-state index in [1.807, 2.05) is 19.2 Å². The zero-order chi connectivity index (χ0) is 14.3. The van der Waals surface area contributed by atoms with Gasteiger partial charge in [0.05, 0.1) is 21.3 Å². The van der Waals surface area contributed by atoms with Gasteiger partial charge in [0.1, 0.15) is 0 Å². The van der Waals surface area contributed by atoms with E-state index in [4.69, 9.17) is 14.2 Å². The molecular formula is C14H24N2O3. The van der Waals surface area contributed by atoms with Crippen LogP contribution in [0.5, 0.6) is 17.2 Å². The molecule has 5 heteroatoms. The molecule has 0 bridgehead atoms. The molecule has 0 radical (unpaired) electrons. The van der Waals surface area contributed by atoms with E-state index in [1.165, 1.54) is 0 Å². The van der Waals surface area contributed by atoms with Crippen LogP contribution in [0.2, 0.25) is 0 Å². The maximum absolute atomic E-state index is 5.34. The Hall–Kier alpha value is -1.46. The summed E-state index contributed by atoms with van der Waals surface area (Å²) in [4.78, 5) is 2.21. The zero-order valence-electron chi connectivity index (χ0n) is 12.4. The number of nitrogens with zero attached hydrogens (tertiary/aromatic N) is 1. The zero-order valence-corrected chi connectivity index (χ0v) is 12.4. The normalized spacial score (nSPS) is 10.6. The number of rotatable bonds is 8. The van der Waals surface area contributed by atoms with Crippen molar-refractivity contribution in [3.8, 4) is 17.2 Å². The summed E-state index contributed by atoms with van der Waals surface area (Å²) >= 11 is 0. The van der Waals surface area contributed by atoms with Gasteiger partial charge in [0, 0.05) is 13.2 Å². The lowest BCUT2D eigenvalue weighted by Crippen LogP contribution is -2.30. The molecule has 0 spiro atoms. The molecule has 1 aromatic rings. The van der Waals surface area contributed by atoms with E-state index in [1.54, 1.807) is 21.3 Å². The Bertz CT molecular complexity index is 371. The number of benzene rings is 1. The largest absolute Gasteiger partial charge is 0.493 e. The fourth-order valence-electron chi connectivity index (χ4n) is 1.95. The van der Waals surface area contributed by atoms with E-state index in [0.717, 1.165) is 25.2 Å². The van der Waals surface area contributed by atoms with Gasteiger partial charge in [-0.1, -0.05) is 0 Å². The maximum atomic E-state index is 5.34. The minimum atomic E-state index is 0.636. The van der Waals surface area contributed by atoms with Crippen LogP contribution in [0.25, 0.3) is 0 Å². The summed E-state index contributed by atoms with van der Waals surface area (Å²) in [5.74, 6) is 2.04. The van der Waals surface area contributed by atoms with Crippen LogP contribution in [0, 0.1) is 0 Å². The third-order valence-electron chi connectivity index (χ3n) is 2.93. The molecule has 0 aliphatic carbocycles. The van der Waals surface area contributed by atoms with E-state index in [2.05, 4.69) is 17.3 Å². The first-order valence-electron chi connectivity index (χ1n) is 6.28. The van der Waals surface area contributed by atoms with Gasteiger partial charge in [0.15, 0.2) is 11.5 Å². The monoisotopic (exact) mass is 268 g/mol. The van der Waals surface area contributed by atoms with Crippen LogP contribution >= 0.6 is 0 Å². The number of methoxy groups -OCH3 is 3. The summed E-state index contributed by atoms with van der Waals surface area (Å²) in [5.41, 5.74) is 1.16. The predicted octanol–water partition coefficient (Wildman–Crippen LogP) is 1.36. The first kappa shape index (κ1) is 15.6. The Labute approximate surface area is 115 Å². The van der Waals surface area contributed by atoms with Gasteiger partial charge in [-0.3, -0.25) is 4.90 Å². The fraction of sp³-hybridized carbons (Fsp3) is 0.571. The second kappa shape index (κ2) is 7.86. The third kappa shape index (κ3) is 4.29. The van der Waals surface area contributed by atoms with Crippen molar-refractivity contribution < 1.29 is 14.2 Å². The van der Waals surface area contributed by atoms with Gasteiger partial charge in [0.25, 0.3) is 0 Å². The minimum Gasteiger partial charge on any atom is -0.493 e. The van der Waals surface area contributed by atoms with Crippen molar-refractivity contribution in [3.63, 3.8) is 0 Å². The molecule has 0 fully saturated rings. The quantitative estimate of drug-likeness (QED) is 0.721. The van der Waals surface area contributed by atoms with Crippen molar-refractivity contribution >= 4 is 0 Å². The van der Waals surface area contributed by atoms with Crippen LogP contribution in [0.15, 0.2) is 12.1 Å². The van der Waals surface area contributed by atoms with Crippen molar-refractivity contribution in [1.29, 1.82) is 0 Å². The summed E-state index contributed by atoms with van der Waals surface area (Å²) < 4.78 is 16.0. The van der Waals surface area contributed by atoms with Gasteiger partial charge in [-0.05, 0) is 38.2 Å². The molecule has 1 N–H and O–H groups in total. The molecule has 0 atom stereocenters. The van der Waals surface area contributed by atoms with Crippen molar-refractivity contribution in [1.82, 2.24) is 10.2 Å². The highest BCUT2D eigenvalue weighted by Gasteiger charge is 2.13. The van der Waals surface area contributed by atoms with Crippen molar-refractivity contribution in [2.45, 2.75) is 6.42 Å². The fourth-order valence-corrected chi connectivity index (χ4v) is 1.95. The Morgan fingerprint density at radius 2 is 1.63 bits per heavy atom. The molecule has 0 saturated heterocycles. The van der Waals surface area contributed by atoms with Gasteiger partial charge in [0.2, 0.25) is 5.75 Å². The van der Waals surface area contributed by atoms with Crippen LogP contribution in [-0.4, -0.2) is 53.5 Å². The van der Waals surface area contributed by atoms with E-state index in [-0.39, 0.29) is 0 Å². The first-order valence-corrected chi connectivity index (χ1v) is 6.28. The lowest BCUT2D eigenvalue weighted by molar-refractivity contribution is 0.316. The third-order valence-corrected chi connectivity index (χ3v) is 2.93. The molecule has 108 valence electrons. The molecule has 1 rings (SSSR count). The summed E-state index contributed by atoms with van der Waals surface area (Å²) in [6, 6.07) is 3.99. The molecule has 0 aliphatic heterocycles. The summed E-state index contributed by atoms with van der Waals surface area (Å²) in [7, 11) is 8.90. The van der Waals surface area contributed by atoms with Gasteiger partial charge < -0.3 is 19.5 Å². The number of hydrogen-bond acceptors (Lipinski definition) is 5. The lowest BCUT2D eigenvalue weighted by atomic mass is 10.1. The summed E-state index contributed by atoms with van der Waals surface area (Å²) in [5, 5.41) is 3.12. The molecular weight excluding hydrogens is 244 g/mol. The SMILES string of the molecule is CNCN(C)CCc1cc(OC)c(OC)c(OC)c1. The highest BCUT2D eigenvalue weighted by Crippen LogP contribution is 2.38. The van der Waals surface area contributed by atoms with Crippen LogP contribution in [0.1, 0.15) is 5.56 Å². The average Bonchev–Trinajstić information content (AvgIpc) is 2.44.